The zero-order valence-corrected chi connectivity index (χ0v) is 18.7. The second-order valence-corrected chi connectivity index (χ2v) is 8.06. The van der Waals surface area contributed by atoms with Gasteiger partial charge in [-0.15, -0.1) is 0 Å². The summed E-state index contributed by atoms with van der Waals surface area (Å²) in [6, 6.07) is 13.0. The third kappa shape index (κ3) is 6.00. The second kappa shape index (κ2) is 10.7. The van der Waals surface area contributed by atoms with Crippen molar-refractivity contribution in [2.75, 3.05) is 32.1 Å². The number of aryl methyl sites for hydroxylation is 2. The van der Waals surface area contributed by atoms with Crippen molar-refractivity contribution >= 4 is 23.4 Å². The highest BCUT2D eigenvalue weighted by atomic mass is 16.5. The van der Waals surface area contributed by atoms with Gasteiger partial charge in [-0.25, -0.2) is 0 Å². The molecule has 1 saturated heterocycles. The number of benzene rings is 2. The van der Waals surface area contributed by atoms with Crippen LogP contribution in [0.5, 0.6) is 5.75 Å². The fourth-order valence-corrected chi connectivity index (χ4v) is 3.90. The summed E-state index contributed by atoms with van der Waals surface area (Å²) in [6.07, 6.45) is 1.40. The van der Waals surface area contributed by atoms with Crippen LogP contribution in [0.1, 0.15) is 34.3 Å². The summed E-state index contributed by atoms with van der Waals surface area (Å²) >= 11 is 0. The molecule has 3 amide bonds. The zero-order chi connectivity index (χ0) is 23.1. The van der Waals surface area contributed by atoms with Gasteiger partial charge in [0.1, 0.15) is 5.75 Å². The van der Waals surface area contributed by atoms with Gasteiger partial charge in [0.2, 0.25) is 5.91 Å². The maximum Gasteiger partial charge on any atom is 0.257 e. The molecule has 1 fully saturated rings. The van der Waals surface area contributed by atoms with E-state index >= 15 is 0 Å². The van der Waals surface area contributed by atoms with Crippen LogP contribution in [-0.2, 0) is 9.59 Å². The number of carbonyl (C=O) groups excluding carboxylic acids is 3. The first-order valence-corrected chi connectivity index (χ1v) is 10.7. The highest BCUT2D eigenvalue weighted by Crippen LogP contribution is 2.22. The van der Waals surface area contributed by atoms with Crippen LogP contribution in [0.2, 0.25) is 0 Å². The van der Waals surface area contributed by atoms with E-state index in [2.05, 4.69) is 16.2 Å². The van der Waals surface area contributed by atoms with E-state index in [4.69, 9.17) is 4.74 Å². The van der Waals surface area contributed by atoms with E-state index in [1.165, 1.54) is 0 Å². The molecule has 0 aliphatic carbocycles. The molecule has 1 unspecified atom stereocenters. The first kappa shape index (κ1) is 23.1. The molecule has 0 saturated carbocycles. The summed E-state index contributed by atoms with van der Waals surface area (Å²) in [5.41, 5.74) is 8.31. The number of hydrazine groups is 1. The number of carbonyl (C=O) groups is 3. The number of ether oxygens (including phenoxy) is 1. The van der Waals surface area contributed by atoms with Gasteiger partial charge in [0.05, 0.1) is 25.3 Å². The molecule has 0 bridgehead atoms. The summed E-state index contributed by atoms with van der Waals surface area (Å²) < 4.78 is 5.23. The van der Waals surface area contributed by atoms with Crippen LogP contribution in [0.4, 0.5) is 5.69 Å². The van der Waals surface area contributed by atoms with E-state index in [1.807, 2.05) is 44.2 Å². The molecular formula is C24H30N4O4. The third-order valence-corrected chi connectivity index (χ3v) is 5.42. The minimum absolute atomic E-state index is 0.0252. The molecule has 3 N–H and O–H groups in total. The van der Waals surface area contributed by atoms with E-state index in [-0.39, 0.29) is 30.2 Å². The Kier molecular flexibility index (Phi) is 7.70. The van der Waals surface area contributed by atoms with Gasteiger partial charge in [-0.2, -0.15) is 0 Å². The van der Waals surface area contributed by atoms with Gasteiger partial charge in [0.25, 0.3) is 11.8 Å². The lowest BCUT2D eigenvalue weighted by molar-refractivity contribution is -0.131. The van der Waals surface area contributed by atoms with E-state index < -0.39 is 0 Å². The molecule has 1 heterocycles. The topological polar surface area (TPSA) is 99.8 Å². The molecular weight excluding hydrogens is 408 g/mol. The van der Waals surface area contributed by atoms with Crippen molar-refractivity contribution < 1.29 is 19.1 Å². The van der Waals surface area contributed by atoms with Crippen molar-refractivity contribution in [1.82, 2.24) is 15.8 Å². The van der Waals surface area contributed by atoms with E-state index in [0.717, 1.165) is 17.5 Å². The standard InChI is InChI=1S/C24H30N4O4/c1-16-11-17(2)13-19(12-16)24(31)28-10-6-7-18(15-28)23(30)27-26-22(29)14-25-20-8-4-5-9-21(20)32-3/h4-5,8-9,11-13,18,25H,6-7,10,14-15H2,1-3H3,(H,26,29)(H,27,30). The average molecular weight is 439 g/mol. The van der Waals surface area contributed by atoms with Gasteiger partial charge < -0.3 is 15.0 Å². The number of methoxy groups -OCH3 is 1. The molecule has 2 aromatic rings. The minimum Gasteiger partial charge on any atom is -0.495 e. The number of nitrogens with one attached hydrogen (secondary N) is 3. The molecule has 1 aliphatic rings. The van der Waals surface area contributed by atoms with Crippen LogP contribution in [0.25, 0.3) is 0 Å². The van der Waals surface area contributed by atoms with E-state index in [9.17, 15) is 14.4 Å². The molecule has 1 aliphatic heterocycles. The van der Waals surface area contributed by atoms with Crippen molar-refractivity contribution in [1.29, 1.82) is 0 Å². The Morgan fingerprint density at radius 2 is 1.78 bits per heavy atom. The predicted octanol–water partition coefficient (Wildman–Crippen LogP) is 2.42. The van der Waals surface area contributed by atoms with Crippen LogP contribution < -0.4 is 20.9 Å². The zero-order valence-electron chi connectivity index (χ0n) is 18.7. The molecule has 0 radical (unpaired) electrons. The second-order valence-electron chi connectivity index (χ2n) is 8.06. The van der Waals surface area contributed by atoms with E-state index in [1.54, 1.807) is 24.1 Å². The van der Waals surface area contributed by atoms with Crippen LogP contribution >= 0.6 is 0 Å². The lowest BCUT2D eigenvalue weighted by atomic mass is 9.96. The fraction of sp³-hybridized carbons (Fsp3) is 0.375. The lowest BCUT2D eigenvalue weighted by Gasteiger charge is -2.32. The third-order valence-electron chi connectivity index (χ3n) is 5.42. The number of amides is 3. The Hall–Kier alpha value is -3.55. The van der Waals surface area contributed by atoms with Crippen LogP contribution in [0, 0.1) is 19.8 Å². The monoisotopic (exact) mass is 438 g/mol. The van der Waals surface area contributed by atoms with Gasteiger partial charge in [-0.05, 0) is 51.0 Å². The molecule has 8 heteroatoms. The van der Waals surface area contributed by atoms with Crippen LogP contribution in [0.3, 0.4) is 0 Å². The number of likely N-dealkylation sites (tertiary alicyclic amines) is 1. The van der Waals surface area contributed by atoms with Crippen molar-refractivity contribution in [2.24, 2.45) is 5.92 Å². The summed E-state index contributed by atoms with van der Waals surface area (Å²) in [7, 11) is 1.55. The molecule has 170 valence electrons. The summed E-state index contributed by atoms with van der Waals surface area (Å²) in [6.45, 7) is 4.84. The van der Waals surface area contributed by atoms with E-state index in [0.29, 0.717) is 36.5 Å². The summed E-state index contributed by atoms with van der Waals surface area (Å²) in [5.74, 6) is -0.502. The SMILES string of the molecule is COc1ccccc1NCC(=O)NNC(=O)C1CCCN(C(=O)c2cc(C)cc(C)c2)C1. The Labute approximate surface area is 188 Å². The summed E-state index contributed by atoms with van der Waals surface area (Å²) in [4.78, 5) is 39.3. The lowest BCUT2D eigenvalue weighted by Crippen LogP contribution is -2.51. The maximum atomic E-state index is 12.9. The largest absolute Gasteiger partial charge is 0.495 e. The number of hydrogen-bond donors (Lipinski definition) is 3. The first-order chi connectivity index (χ1) is 15.4. The van der Waals surface area contributed by atoms with Crippen molar-refractivity contribution in [2.45, 2.75) is 26.7 Å². The van der Waals surface area contributed by atoms with Crippen molar-refractivity contribution in [3.63, 3.8) is 0 Å². The Morgan fingerprint density at radius 1 is 1.06 bits per heavy atom. The van der Waals surface area contributed by atoms with Crippen LogP contribution in [-0.4, -0.2) is 49.4 Å². The van der Waals surface area contributed by atoms with Gasteiger partial charge in [-0.1, -0.05) is 29.3 Å². The molecule has 8 nitrogen and oxygen atoms in total. The smallest absolute Gasteiger partial charge is 0.257 e. The Morgan fingerprint density at radius 3 is 2.50 bits per heavy atom. The minimum atomic E-state index is -0.386. The predicted molar refractivity (Wildman–Crippen MR) is 122 cm³/mol. The summed E-state index contributed by atoms with van der Waals surface area (Å²) in [5, 5.41) is 2.98. The highest BCUT2D eigenvalue weighted by Gasteiger charge is 2.29. The van der Waals surface area contributed by atoms with Gasteiger partial charge in [-0.3, -0.25) is 25.2 Å². The molecule has 0 aromatic heterocycles. The van der Waals surface area contributed by atoms with Crippen molar-refractivity contribution in [3.05, 3.63) is 59.2 Å². The molecule has 3 rings (SSSR count). The first-order valence-electron chi connectivity index (χ1n) is 10.7. The Balaban J connectivity index is 1.49. The number of rotatable bonds is 6. The van der Waals surface area contributed by atoms with Gasteiger partial charge in [0.15, 0.2) is 0 Å². The molecule has 32 heavy (non-hydrogen) atoms. The quantitative estimate of drug-likeness (QED) is 0.602. The average Bonchev–Trinajstić information content (AvgIpc) is 2.80. The molecule has 1 atom stereocenters. The molecule has 2 aromatic carbocycles. The normalized spacial score (nSPS) is 15.6. The number of hydrogen-bond acceptors (Lipinski definition) is 5. The van der Waals surface area contributed by atoms with Gasteiger partial charge >= 0.3 is 0 Å². The van der Waals surface area contributed by atoms with Crippen molar-refractivity contribution in [3.8, 4) is 5.75 Å². The van der Waals surface area contributed by atoms with Crippen LogP contribution in [0.15, 0.2) is 42.5 Å². The number of piperidine rings is 1. The fourth-order valence-electron chi connectivity index (χ4n) is 3.90. The number of nitrogens with zero attached hydrogens (tertiary/aromatic N) is 1. The number of anilines is 1. The maximum absolute atomic E-state index is 12.9. The highest BCUT2D eigenvalue weighted by molar-refractivity contribution is 5.95. The number of para-hydroxylation sites is 2. The molecule has 0 spiro atoms. The van der Waals surface area contributed by atoms with Gasteiger partial charge in [0, 0.05) is 18.7 Å². The Bertz CT molecular complexity index is 971.